The van der Waals surface area contributed by atoms with Gasteiger partial charge < -0.3 is 10.5 Å². The van der Waals surface area contributed by atoms with Crippen molar-refractivity contribution in [3.63, 3.8) is 0 Å². The van der Waals surface area contributed by atoms with Crippen molar-refractivity contribution in [2.24, 2.45) is 4.99 Å². The highest BCUT2D eigenvalue weighted by Crippen LogP contribution is 2.25. The van der Waals surface area contributed by atoms with Crippen LogP contribution < -0.4 is 10.5 Å². The van der Waals surface area contributed by atoms with Crippen LogP contribution in [0.15, 0.2) is 23.2 Å². The molecular formula is C8H8N2O2. The van der Waals surface area contributed by atoms with E-state index in [2.05, 4.69) is 4.99 Å². The Kier molecular flexibility index (Phi) is 2.46. The summed E-state index contributed by atoms with van der Waals surface area (Å²) in [4.78, 5) is 13.3. The van der Waals surface area contributed by atoms with Gasteiger partial charge in [-0.15, -0.1) is 0 Å². The molecule has 4 nitrogen and oxygen atoms in total. The van der Waals surface area contributed by atoms with Crippen LogP contribution in [0.4, 0.5) is 11.4 Å². The molecule has 0 saturated heterocycles. The molecule has 12 heavy (non-hydrogen) atoms. The lowest BCUT2D eigenvalue weighted by Crippen LogP contribution is -1.90. The van der Waals surface area contributed by atoms with Crippen LogP contribution in [0.5, 0.6) is 5.75 Å². The van der Waals surface area contributed by atoms with Crippen LogP contribution in [0.1, 0.15) is 0 Å². The lowest BCUT2D eigenvalue weighted by atomic mass is 10.2. The largest absolute Gasteiger partial charge is 0.495 e. The smallest absolute Gasteiger partial charge is 0.240 e. The zero-order chi connectivity index (χ0) is 8.97. The average Bonchev–Trinajstić information content (AvgIpc) is 2.05. The molecule has 0 radical (unpaired) electrons. The number of nitrogens with zero attached hydrogens (tertiary/aromatic N) is 1. The Labute approximate surface area is 69.7 Å². The summed E-state index contributed by atoms with van der Waals surface area (Å²) in [6.07, 6.45) is 1.43. The van der Waals surface area contributed by atoms with E-state index in [0.717, 1.165) is 0 Å². The van der Waals surface area contributed by atoms with Crippen molar-refractivity contribution >= 4 is 17.5 Å². The van der Waals surface area contributed by atoms with Crippen molar-refractivity contribution in [2.45, 2.75) is 0 Å². The van der Waals surface area contributed by atoms with Gasteiger partial charge >= 0.3 is 0 Å². The van der Waals surface area contributed by atoms with E-state index in [1.807, 2.05) is 0 Å². The van der Waals surface area contributed by atoms with E-state index >= 15 is 0 Å². The standard InChI is InChI=1S/C8H8N2O2/c1-12-8-3-2-6(10-5-11)4-7(8)9/h2-4H,9H2,1H3. The lowest BCUT2D eigenvalue weighted by molar-refractivity contribution is 0.417. The number of anilines is 1. The Morgan fingerprint density at radius 1 is 1.58 bits per heavy atom. The van der Waals surface area contributed by atoms with Crippen LogP contribution in [0, 0.1) is 0 Å². The molecule has 0 aliphatic carbocycles. The first-order chi connectivity index (χ1) is 5.77. The minimum atomic E-state index is 0.453. The molecule has 0 unspecified atom stereocenters. The van der Waals surface area contributed by atoms with E-state index in [1.54, 1.807) is 18.2 Å². The average molecular weight is 164 g/mol. The molecule has 1 aromatic rings. The van der Waals surface area contributed by atoms with Gasteiger partial charge in [-0.05, 0) is 18.2 Å². The van der Waals surface area contributed by atoms with Crippen LogP contribution >= 0.6 is 0 Å². The number of ether oxygens (including phenoxy) is 1. The highest BCUT2D eigenvalue weighted by molar-refractivity contribution is 5.62. The number of isocyanates is 1. The fourth-order valence-corrected chi connectivity index (χ4v) is 0.844. The highest BCUT2D eigenvalue weighted by atomic mass is 16.5. The summed E-state index contributed by atoms with van der Waals surface area (Å²) in [5.74, 6) is 0.569. The predicted molar refractivity (Wildman–Crippen MR) is 45.2 cm³/mol. The molecule has 2 N–H and O–H groups in total. The Hall–Kier alpha value is -1.80. The molecule has 0 aliphatic heterocycles. The SMILES string of the molecule is COc1ccc(N=C=O)cc1N. The zero-order valence-electron chi connectivity index (χ0n) is 6.57. The number of benzene rings is 1. The number of hydrogen-bond acceptors (Lipinski definition) is 4. The summed E-state index contributed by atoms with van der Waals surface area (Å²) in [6.45, 7) is 0. The molecule has 0 atom stereocenters. The van der Waals surface area contributed by atoms with Gasteiger partial charge in [-0.2, -0.15) is 4.99 Å². The summed E-state index contributed by atoms with van der Waals surface area (Å²) in [7, 11) is 1.52. The molecule has 62 valence electrons. The van der Waals surface area contributed by atoms with Crippen molar-refractivity contribution in [2.75, 3.05) is 12.8 Å². The summed E-state index contributed by atoms with van der Waals surface area (Å²) in [5.41, 5.74) is 6.48. The topological polar surface area (TPSA) is 64.7 Å². The van der Waals surface area contributed by atoms with Gasteiger partial charge in [0.2, 0.25) is 6.08 Å². The molecule has 0 aromatic heterocycles. The second-order valence-corrected chi connectivity index (χ2v) is 2.13. The fraction of sp³-hybridized carbons (Fsp3) is 0.125. The Balaban J connectivity index is 3.09. The molecular weight excluding hydrogens is 156 g/mol. The third kappa shape index (κ3) is 1.62. The summed E-state index contributed by atoms with van der Waals surface area (Å²) in [5, 5.41) is 0. The quantitative estimate of drug-likeness (QED) is 0.406. The maximum absolute atomic E-state index is 9.88. The first kappa shape index (κ1) is 8.30. The Bertz CT molecular complexity index is 330. The molecule has 1 rings (SSSR count). The summed E-state index contributed by atoms with van der Waals surface area (Å²) >= 11 is 0. The van der Waals surface area contributed by atoms with Gasteiger partial charge in [0.05, 0.1) is 18.5 Å². The van der Waals surface area contributed by atoms with Crippen LogP contribution in [-0.2, 0) is 4.79 Å². The third-order valence-electron chi connectivity index (χ3n) is 1.39. The number of nitrogens with two attached hydrogens (primary N) is 1. The van der Waals surface area contributed by atoms with Crippen molar-refractivity contribution in [3.8, 4) is 5.75 Å². The van der Waals surface area contributed by atoms with Crippen LogP contribution in [0.2, 0.25) is 0 Å². The monoisotopic (exact) mass is 164 g/mol. The second kappa shape index (κ2) is 3.55. The van der Waals surface area contributed by atoms with E-state index in [0.29, 0.717) is 17.1 Å². The second-order valence-electron chi connectivity index (χ2n) is 2.13. The van der Waals surface area contributed by atoms with E-state index in [4.69, 9.17) is 10.5 Å². The zero-order valence-corrected chi connectivity index (χ0v) is 6.57. The van der Waals surface area contributed by atoms with Crippen molar-refractivity contribution in [1.82, 2.24) is 0 Å². The predicted octanol–water partition coefficient (Wildman–Crippen LogP) is 1.24. The minimum Gasteiger partial charge on any atom is -0.495 e. The number of rotatable bonds is 2. The van der Waals surface area contributed by atoms with Gasteiger partial charge in [0, 0.05) is 0 Å². The van der Waals surface area contributed by atoms with Gasteiger partial charge in [0.25, 0.3) is 0 Å². The van der Waals surface area contributed by atoms with Gasteiger partial charge in [-0.3, -0.25) is 0 Å². The maximum Gasteiger partial charge on any atom is 0.240 e. The Morgan fingerprint density at radius 3 is 2.83 bits per heavy atom. The lowest BCUT2D eigenvalue weighted by Gasteiger charge is -2.02. The van der Waals surface area contributed by atoms with E-state index < -0.39 is 0 Å². The van der Waals surface area contributed by atoms with Crippen LogP contribution in [0.3, 0.4) is 0 Å². The molecule has 0 fully saturated rings. The highest BCUT2D eigenvalue weighted by Gasteiger charge is 1.98. The van der Waals surface area contributed by atoms with E-state index in [1.165, 1.54) is 13.2 Å². The number of methoxy groups -OCH3 is 1. The van der Waals surface area contributed by atoms with Crippen LogP contribution in [0.25, 0.3) is 0 Å². The van der Waals surface area contributed by atoms with E-state index in [9.17, 15) is 4.79 Å². The maximum atomic E-state index is 9.88. The molecule has 4 heteroatoms. The van der Waals surface area contributed by atoms with Crippen LogP contribution in [-0.4, -0.2) is 13.2 Å². The molecule has 0 saturated carbocycles. The van der Waals surface area contributed by atoms with Gasteiger partial charge in [-0.1, -0.05) is 0 Å². The summed E-state index contributed by atoms with van der Waals surface area (Å²) in [6, 6.07) is 4.81. The minimum absolute atomic E-state index is 0.453. The fourth-order valence-electron chi connectivity index (χ4n) is 0.844. The molecule has 0 bridgehead atoms. The molecule has 0 amide bonds. The van der Waals surface area contributed by atoms with Crippen molar-refractivity contribution in [1.29, 1.82) is 0 Å². The van der Waals surface area contributed by atoms with E-state index in [-0.39, 0.29) is 0 Å². The first-order valence-electron chi connectivity index (χ1n) is 3.29. The molecule has 1 aromatic carbocycles. The summed E-state index contributed by atoms with van der Waals surface area (Å²) < 4.78 is 4.91. The number of carbonyl (C=O) groups excluding carboxylic acids is 1. The Morgan fingerprint density at radius 2 is 2.33 bits per heavy atom. The molecule has 0 spiro atoms. The van der Waals surface area contributed by atoms with Gasteiger partial charge in [0.1, 0.15) is 5.75 Å². The molecule has 0 heterocycles. The van der Waals surface area contributed by atoms with Crippen molar-refractivity contribution < 1.29 is 9.53 Å². The number of nitrogen functional groups attached to an aromatic ring is 1. The van der Waals surface area contributed by atoms with Gasteiger partial charge in [0.15, 0.2) is 0 Å². The van der Waals surface area contributed by atoms with Gasteiger partial charge in [-0.25, -0.2) is 4.79 Å². The molecule has 0 aliphatic rings. The van der Waals surface area contributed by atoms with Crippen molar-refractivity contribution in [3.05, 3.63) is 18.2 Å². The normalized spacial score (nSPS) is 8.75. The first-order valence-corrected chi connectivity index (χ1v) is 3.29. The number of hydrogen-bond donors (Lipinski definition) is 1. The third-order valence-corrected chi connectivity index (χ3v) is 1.39. The number of aliphatic imine (C=N–C) groups is 1.